The lowest BCUT2D eigenvalue weighted by molar-refractivity contribution is -0.257. The number of furan rings is 1. The predicted molar refractivity (Wildman–Crippen MR) is 77.7 cm³/mol. The van der Waals surface area contributed by atoms with E-state index in [1.165, 1.54) is 12.1 Å². The van der Waals surface area contributed by atoms with Gasteiger partial charge in [-0.15, -0.1) is 0 Å². The number of carbonyl (C=O) groups excluding carboxylic acids is 1. The van der Waals surface area contributed by atoms with Crippen LogP contribution in [-0.4, -0.2) is 14.4 Å². The summed E-state index contributed by atoms with van der Waals surface area (Å²) in [6.45, 7) is 5.39. The van der Waals surface area contributed by atoms with E-state index in [1.807, 2.05) is 13.8 Å². The van der Waals surface area contributed by atoms with E-state index in [9.17, 15) is 18.3 Å². The molecule has 1 heterocycles. The second-order valence-corrected chi connectivity index (χ2v) is 6.74. The molecule has 2 rings (SSSR count). The highest BCUT2D eigenvalue weighted by molar-refractivity contribution is 7.89. The molecule has 0 radical (unpaired) electrons. The van der Waals surface area contributed by atoms with Gasteiger partial charge in [0.05, 0.1) is 11.4 Å². The van der Waals surface area contributed by atoms with Crippen LogP contribution in [0.1, 0.15) is 33.0 Å². The Kier molecular flexibility index (Phi) is 4.39. The quantitative estimate of drug-likeness (QED) is 0.887. The van der Waals surface area contributed by atoms with Crippen molar-refractivity contribution in [2.75, 3.05) is 0 Å². The summed E-state index contributed by atoms with van der Waals surface area (Å²) < 4.78 is 32.1. The first-order valence-corrected chi connectivity index (χ1v) is 8.07. The molecule has 0 atom stereocenters. The van der Waals surface area contributed by atoms with Gasteiger partial charge < -0.3 is 14.3 Å². The Morgan fingerprint density at radius 3 is 2.41 bits per heavy atom. The van der Waals surface area contributed by atoms with Gasteiger partial charge in [0.1, 0.15) is 17.5 Å². The van der Waals surface area contributed by atoms with Crippen LogP contribution in [0.4, 0.5) is 0 Å². The molecule has 0 aliphatic carbocycles. The summed E-state index contributed by atoms with van der Waals surface area (Å²) in [5.74, 6) is -1.58. The van der Waals surface area contributed by atoms with Crippen molar-refractivity contribution in [2.45, 2.75) is 32.2 Å². The molecule has 118 valence electrons. The second-order valence-electron chi connectivity index (χ2n) is 5.01. The zero-order chi connectivity index (χ0) is 16.5. The fraction of sp³-hybridized carbons (Fsp3) is 0.267. The summed E-state index contributed by atoms with van der Waals surface area (Å²) in [5.41, 5.74) is 2.61. The van der Waals surface area contributed by atoms with E-state index in [0.29, 0.717) is 5.56 Å². The second kappa shape index (κ2) is 5.94. The zero-order valence-corrected chi connectivity index (χ0v) is 13.3. The molecule has 6 nitrogen and oxygen atoms in total. The van der Waals surface area contributed by atoms with Gasteiger partial charge >= 0.3 is 0 Å². The van der Waals surface area contributed by atoms with Crippen LogP contribution in [0.15, 0.2) is 33.6 Å². The SMILES string of the molecule is Cc1ccc(S(=O)(=O)NCc2ccc(C(=O)[O-])o2)c(C)c1C. The number of carboxylic acid groups (broad SMARTS) is 1. The molecule has 2 aromatic rings. The van der Waals surface area contributed by atoms with Gasteiger partial charge in [-0.3, -0.25) is 0 Å². The van der Waals surface area contributed by atoms with Gasteiger partial charge in [-0.05, 0) is 55.7 Å². The molecule has 0 bridgehead atoms. The first-order valence-electron chi connectivity index (χ1n) is 6.59. The minimum atomic E-state index is -3.71. The normalized spacial score (nSPS) is 11.6. The predicted octanol–water partition coefficient (Wildman–Crippen LogP) is 1.05. The fourth-order valence-corrected chi connectivity index (χ4v) is 3.34. The van der Waals surface area contributed by atoms with Crippen molar-refractivity contribution < 1.29 is 22.7 Å². The molecule has 0 saturated carbocycles. The summed E-state index contributed by atoms with van der Waals surface area (Å²) >= 11 is 0. The standard InChI is InChI=1S/C15H17NO5S/c1-9-4-7-14(11(3)10(9)2)22(19,20)16-8-12-5-6-13(21-12)15(17)18/h4-7,16H,8H2,1-3H3,(H,17,18)/p-1. The van der Waals surface area contributed by atoms with Crippen LogP contribution >= 0.6 is 0 Å². The van der Waals surface area contributed by atoms with Gasteiger partial charge in [0.2, 0.25) is 10.0 Å². The molecule has 0 amide bonds. The number of hydrogen-bond donors (Lipinski definition) is 1. The lowest BCUT2D eigenvalue weighted by Crippen LogP contribution is -2.24. The maximum absolute atomic E-state index is 12.3. The third kappa shape index (κ3) is 3.20. The van der Waals surface area contributed by atoms with Gasteiger partial charge in [0.15, 0.2) is 0 Å². The van der Waals surface area contributed by atoms with Crippen molar-refractivity contribution in [1.82, 2.24) is 4.72 Å². The van der Waals surface area contributed by atoms with Crippen LogP contribution in [0.25, 0.3) is 0 Å². The Morgan fingerprint density at radius 1 is 1.14 bits per heavy atom. The minimum absolute atomic E-state index is 0.137. The number of aromatic carboxylic acids is 1. The monoisotopic (exact) mass is 322 g/mol. The van der Waals surface area contributed by atoms with Gasteiger partial charge in [0.25, 0.3) is 0 Å². The topological polar surface area (TPSA) is 99.4 Å². The number of aryl methyl sites for hydroxylation is 1. The molecule has 1 aromatic heterocycles. The molecule has 22 heavy (non-hydrogen) atoms. The molecule has 1 N–H and O–H groups in total. The Hall–Kier alpha value is -2.12. The number of hydrogen-bond acceptors (Lipinski definition) is 5. The largest absolute Gasteiger partial charge is 0.542 e. The highest BCUT2D eigenvalue weighted by Gasteiger charge is 2.18. The van der Waals surface area contributed by atoms with Crippen molar-refractivity contribution in [3.63, 3.8) is 0 Å². The van der Waals surface area contributed by atoms with Crippen molar-refractivity contribution in [3.05, 3.63) is 52.5 Å². The number of rotatable bonds is 5. The van der Waals surface area contributed by atoms with Crippen LogP contribution in [0.5, 0.6) is 0 Å². The maximum atomic E-state index is 12.3. The third-order valence-electron chi connectivity index (χ3n) is 3.60. The van der Waals surface area contributed by atoms with Crippen LogP contribution in [-0.2, 0) is 16.6 Å². The van der Waals surface area contributed by atoms with Crippen molar-refractivity contribution in [3.8, 4) is 0 Å². The van der Waals surface area contributed by atoms with Crippen molar-refractivity contribution in [1.29, 1.82) is 0 Å². The molecule has 0 aliphatic rings. The molecule has 0 aliphatic heterocycles. The van der Waals surface area contributed by atoms with Crippen molar-refractivity contribution in [2.24, 2.45) is 0 Å². The van der Waals surface area contributed by atoms with Crippen molar-refractivity contribution >= 4 is 16.0 Å². The Balaban J connectivity index is 2.21. The molecule has 0 saturated heterocycles. The third-order valence-corrected chi connectivity index (χ3v) is 5.14. The minimum Gasteiger partial charge on any atom is -0.542 e. The smallest absolute Gasteiger partial charge is 0.241 e. The van der Waals surface area contributed by atoms with Gasteiger partial charge in [0, 0.05) is 0 Å². The summed E-state index contributed by atoms with van der Waals surface area (Å²) in [5, 5.41) is 10.6. The summed E-state index contributed by atoms with van der Waals surface area (Å²) in [6, 6.07) is 5.91. The van der Waals surface area contributed by atoms with Gasteiger partial charge in [-0.2, -0.15) is 0 Å². The molecular weight excluding hydrogens is 306 g/mol. The number of benzene rings is 1. The van der Waals surface area contributed by atoms with Crippen LogP contribution in [0, 0.1) is 20.8 Å². The number of sulfonamides is 1. The van der Waals surface area contributed by atoms with E-state index in [-0.39, 0.29) is 23.0 Å². The fourth-order valence-electron chi connectivity index (χ4n) is 2.05. The molecular formula is C15H16NO5S-. The number of carboxylic acids is 1. The molecule has 0 fully saturated rings. The van der Waals surface area contributed by atoms with E-state index < -0.39 is 16.0 Å². The zero-order valence-electron chi connectivity index (χ0n) is 12.5. The highest BCUT2D eigenvalue weighted by atomic mass is 32.2. The van der Waals surface area contributed by atoms with E-state index in [1.54, 1.807) is 19.1 Å². The lowest BCUT2D eigenvalue weighted by atomic mass is 10.1. The van der Waals surface area contributed by atoms with Crippen LogP contribution in [0.2, 0.25) is 0 Å². The maximum Gasteiger partial charge on any atom is 0.241 e. The Bertz CT molecular complexity index is 820. The average molecular weight is 322 g/mol. The van der Waals surface area contributed by atoms with E-state index in [2.05, 4.69) is 4.72 Å². The first-order chi connectivity index (χ1) is 10.2. The Morgan fingerprint density at radius 2 is 1.82 bits per heavy atom. The van der Waals surface area contributed by atoms with Crippen LogP contribution in [0.3, 0.4) is 0 Å². The van der Waals surface area contributed by atoms with Gasteiger partial charge in [-0.1, -0.05) is 6.07 Å². The van der Waals surface area contributed by atoms with E-state index in [4.69, 9.17) is 4.42 Å². The summed E-state index contributed by atoms with van der Waals surface area (Å²) in [6.07, 6.45) is 0. The highest BCUT2D eigenvalue weighted by Crippen LogP contribution is 2.21. The molecule has 1 aromatic carbocycles. The average Bonchev–Trinajstić information content (AvgIpc) is 2.91. The summed E-state index contributed by atoms with van der Waals surface area (Å²) in [4.78, 5) is 10.8. The van der Waals surface area contributed by atoms with Crippen LogP contribution < -0.4 is 9.83 Å². The van der Waals surface area contributed by atoms with Gasteiger partial charge in [-0.25, -0.2) is 13.1 Å². The number of nitrogens with one attached hydrogen (secondary N) is 1. The van der Waals surface area contributed by atoms with E-state index in [0.717, 1.165) is 11.1 Å². The first kappa shape index (κ1) is 16.3. The number of carbonyl (C=O) groups is 1. The van der Waals surface area contributed by atoms with E-state index >= 15 is 0 Å². The lowest BCUT2D eigenvalue weighted by Gasteiger charge is -2.12. The Labute approximate surface area is 128 Å². The molecule has 0 spiro atoms. The molecule has 7 heteroatoms. The molecule has 0 unspecified atom stereocenters. The summed E-state index contributed by atoms with van der Waals surface area (Å²) in [7, 11) is -3.71.